The second kappa shape index (κ2) is 18.5. The van der Waals surface area contributed by atoms with Crippen LogP contribution >= 0.6 is 31.9 Å². The van der Waals surface area contributed by atoms with E-state index in [1.165, 1.54) is 0 Å². The molecule has 59 heavy (non-hydrogen) atoms. The number of halogens is 2. The van der Waals surface area contributed by atoms with E-state index >= 15 is 0 Å². The van der Waals surface area contributed by atoms with Gasteiger partial charge in [0.1, 0.15) is 9.21 Å². The van der Waals surface area contributed by atoms with Crippen molar-refractivity contribution in [1.82, 2.24) is 48.3 Å². The van der Waals surface area contributed by atoms with Gasteiger partial charge in [-0.3, -0.25) is 32.9 Å². The average molecular weight is 943 g/mol. The van der Waals surface area contributed by atoms with E-state index in [9.17, 15) is 28.8 Å². The summed E-state index contributed by atoms with van der Waals surface area (Å²) in [6, 6.07) is 7.42. The van der Waals surface area contributed by atoms with E-state index < -0.39 is 0 Å². The van der Waals surface area contributed by atoms with Gasteiger partial charge in [0, 0.05) is 98.2 Å². The normalized spacial score (nSPS) is 22.7. The minimum absolute atomic E-state index is 0.0443. The first-order valence-corrected chi connectivity index (χ1v) is 22.4. The highest BCUT2D eigenvalue weighted by Crippen LogP contribution is 2.33. The summed E-state index contributed by atoms with van der Waals surface area (Å²) >= 11 is 6.77. The van der Waals surface area contributed by atoms with Gasteiger partial charge in [-0.1, -0.05) is 0 Å². The standard InChI is InChI=1S/C21H28BrN5O3.C20H26BrN5O3/c1-14(28)25-9-11-26(12-10-25)20(29)16-5-3-15(4-6-16)13-27-19-17(24(2)21(27)30)7-8-18(22)23-19;1-13(27)24-8-10-25(11-9-24)19(28)15-4-2-14(3-5-15)12-26-18-16(22-20(26)29)6-7-17(21)23-18/h7-8,15-16H,3-6,9-13H2,1-2H3;6-7,14-15H,2-5,8-12H2,1H3,(H,22,29). The van der Waals surface area contributed by atoms with Gasteiger partial charge in [0.25, 0.3) is 0 Å². The van der Waals surface area contributed by atoms with Crippen molar-refractivity contribution in [3.63, 3.8) is 0 Å². The minimum atomic E-state index is -0.132. The Kier molecular flexibility index (Phi) is 13.4. The first-order chi connectivity index (χ1) is 28.3. The predicted octanol–water partition coefficient (Wildman–Crippen LogP) is 3.98. The zero-order valence-electron chi connectivity index (χ0n) is 34.1. The Bertz CT molecular complexity index is 2300. The number of carbonyl (C=O) groups is 4. The lowest BCUT2D eigenvalue weighted by Crippen LogP contribution is -2.51. The van der Waals surface area contributed by atoms with Crippen LogP contribution in [0.5, 0.6) is 0 Å². The number of fused-ring (bicyclic) bond motifs is 2. The smallest absolute Gasteiger partial charge is 0.330 e. The quantitative estimate of drug-likeness (QED) is 0.283. The molecule has 8 rings (SSSR count). The van der Waals surface area contributed by atoms with Crippen molar-refractivity contribution in [3.8, 4) is 0 Å². The summed E-state index contributed by atoms with van der Waals surface area (Å²) in [5.41, 5.74) is 2.78. The van der Waals surface area contributed by atoms with Crippen molar-refractivity contribution in [2.24, 2.45) is 30.7 Å². The first kappa shape index (κ1) is 42.8. The van der Waals surface area contributed by atoms with Gasteiger partial charge >= 0.3 is 11.4 Å². The maximum absolute atomic E-state index is 12.9. The zero-order valence-corrected chi connectivity index (χ0v) is 37.2. The molecule has 0 spiro atoms. The van der Waals surface area contributed by atoms with Crippen LogP contribution in [0, 0.1) is 23.7 Å². The zero-order chi connectivity index (χ0) is 42.0. The van der Waals surface area contributed by atoms with Gasteiger partial charge in [-0.2, -0.15) is 0 Å². The molecule has 0 unspecified atom stereocenters. The Morgan fingerprint density at radius 2 is 1.03 bits per heavy atom. The maximum atomic E-state index is 12.9. The summed E-state index contributed by atoms with van der Waals surface area (Å²) in [5.74, 6) is 1.45. The lowest BCUT2D eigenvalue weighted by atomic mass is 9.81. The van der Waals surface area contributed by atoms with Crippen LogP contribution in [0.2, 0.25) is 0 Å². The van der Waals surface area contributed by atoms with E-state index in [1.807, 2.05) is 34.1 Å². The largest absolute Gasteiger partial charge is 0.339 e. The van der Waals surface area contributed by atoms with Crippen LogP contribution in [-0.2, 0) is 39.3 Å². The molecule has 18 heteroatoms. The molecule has 0 radical (unpaired) electrons. The summed E-state index contributed by atoms with van der Waals surface area (Å²) in [6.07, 6.45) is 7.13. The topological polar surface area (TPSA) is 172 Å². The van der Waals surface area contributed by atoms with Crippen molar-refractivity contribution >= 4 is 77.8 Å². The van der Waals surface area contributed by atoms with Gasteiger partial charge in [-0.25, -0.2) is 19.6 Å². The fraction of sp³-hybridized carbons (Fsp3) is 0.610. The summed E-state index contributed by atoms with van der Waals surface area (Å²) in [4.78, 5) is 93.0. The van der Waals surface area contributed by atoms with Crippen molar-refractivity contribution in [2.75, 3.05) is 52.4 Å². The van der Waals surface area contributed by atoms with E-state index in [4.69, 9.17) is 0 Å². The molecule has 4 aromatic heterocycles. The molecule has 2 saturated carbocycles. The predicted molar refractivity (Wildman–Crippen MR) is 229 cm³/mol. The van der Waals surface area contributed by atoms with E-state index in [2.05, 4.69) is 46.8 Å². The van der Waals surface area contributed by atoms with Gasteiger partial charge in [0.2, 0.25) is 23.6 Å². The number of H-pyrrole nitrogens is 1. The number of hydrogen-bond donors (Lipinski definition) is 1. The van der Waals surface area contributed by atoms with Gasteiger partial charge in [0.15, 0.2) is 11.3 Å². The molecule has 4 fully saturated rings. The number of nitrogens with zero attached hydrogens (tertiary/aromatic N) is 9. The van der Waals surface area contributed by atoms with Crippen LogP contribution in [-0.4, -0.2) is 124 Å². The number of carbonyl (C=O) groups excluding carboxylic acids is 4. The highest BCUT2D eigenvalue weighted by molar-refractivity contribution is 9.10. The van der Waals surface area contributed by atoms with Gasteiger partial charge < -0.3 is 24.6 Å². The van der Waals surface area contributed by atoms with Gasteiger partial charge in [-0.15, -0.1) is 0 Å². The highest BCUT2D eigenvalue weighted by atomic mass is 79.9. The molecule has 318 valence electrons. The number of aryl methyl sites for hydroxylation is 1. The second-order valence-corrected chi connectivity index (χ2v) is 18.2. The lowest BCUT2D eigenvalue weighted by Gasteiger charge is -2.37. The second-order valence-electron chi connectivity index (χ2n) is 16.6. The number of nitrogens with one attached hydrogen (secondary N) is 1. The van der Waals surface area contributed by atoms with E-state index in [0.29, 0.717) is 97.8 Å². The fourth-order valence-corrected chi connectivity index (χ4v) is 9.89. The molecular weight excluding hydrogens is 888 g/mol. The number of imidazole rings is 2. The fourth-order valence-electron chi connectivity index (χ4n) is 9.29. The molecule has 2 aliphatic heterocycles. The lowest BCUT2D eigenvalue weighted by molar-refractivity contribution is -0.142. The van der Waals surface area contributed by atoms with Crippen molar-refractivity contribution in [1.29, 1.82) is 0 Å². The summed E-state index contributed by atoms with van der Waals surface area (Å²) < 4.78 is 6.55. The van der Waals surface area contributed by atoms with Crippen LogP contribution in [0.15, 0.2) is 43.1 Å². The van der Waals surface area contributed by atoms with Gasteiger partial charge in [0.05, 0.1) is 11.0 Å². The minimum Gasteiger partial charge on any atom is -0.339 e. The SMILES string of the molecule is CC(=O)N1CCN(C(=O)C2CCC(Cn3c(=O)[nH]c4ccc(Br)nc43)CC2)CC1.CC(=O)N1CCN(C(=O)C2CCC(Cn3c(=O)n(C)c4ccc(Br)nc43)CC2)CC1. The Hall–Kier alpha value is -4.32. The molecule has 6 heterocycles. The molecule has 4 aromatic rings. The monoisotopic (exact) mass is 940 g/mol. The molecule has 1 N–H and O–H groups in total. The molecule has 0 atom stereocenters. The molecule has 0 aromatic carbocycles. The summed E-state index contributed by atoms with van der Waals surface area (Å²) in [5, 5.41) is 0. The number of aromatic nitrogens is 6. The number of amides is 4. The Labute approximate surface area is 359 Å². The third kappa shape index (κ3) is 9.68. The van der Waals surface area contributed by atoms with Crippen LogP contribution in [0.3, 0.4) is 0 Å². The third-order valence-electron chi connectivity index (χ3n) is 12.9. The number of pyridine rings is 2. The molecule has 4 amide bonds. The van der Waals surface area contributed by atoms with Gasteiger partial charge in [-0.05, 0) is 119 Å². The first-order valence-electron chi connectivity index (χ1n) is 20.8. The molecule has 2 aliphatic carbocycles. The van der Waals surface area contributed by atoms with Crippen LogP contribution < -0.4 is 11.4 Å². The maximum Gasteiger partial charge on any atom is 0.330 e. The number of rotatable bonds is 6. The van der Waals surface area contributed by atoms with E-state index in [0.717, 1.165) is 62.4 Å². The Morgan fingerprint density at radius 1 is 0.610 bits per heavy atom. The van der Waals surface area contributed by atoms with Crippen LogP contribution in [0.25, 0.3) is 22.3 Å². The number of hydrogen-bond acceptors (Lipinski definition) is 8. The molecule has 4 aliphatic rings. The summed E-state index contributed by atoms with van der Waals surface area (Å²) in [6.45, 7) is 9.44. The molecule has 16 nitrogen and oxygen atoms in total. The van der Waals surface area contributed by atoms with Crippen LogP contribution in [0.4, 0.5) is 0 Å². The Morgan fingerprint density at radius 3 is 1.51 bits per heavy atom. The number of aromatic amines is 1. The number of piperazine rings is 2. The molecular formula is C41H54Br2N10O6. The van der Waals surface area contributed by atoms with E-state index in [1.54, 1.807) is 44.4 Å². The van der Waals surface area contributed by atoms with E-state index in [-0.39, 0.29) is 46.8 Å². The average Bonchev–Trinajstić information content (AvgIpc) is 3.67. The molecule has 0 bridgehead atoms. The highest BCUT2D eigenvalue weighted by Gasteiger charge is 2.34. The third-order valence-corrected chi connectivity index (χ3v) is 13.8. The Balaban J connectivity index is 0.000000179. The van der Waals surface area contributed by atoms with Crippen molar-refractivity contribution in [3.05, 3.63) is 54.4 Å². The van der Waals surface area contributed by atoms with Crippen molar-refractivity contribution < 1.29 is 19.2 Å². The molecule has 2 saturated heterocycles. The van der Waals surface area contributed by atoms with Crippen molar-refractivity contribution in [2.45, 2.75) is 78.3 Å². The summed E-state index contributed by atoms with van der Waals surface area (Å²) in [7, 11) is 1.78. The van der Waals surface area contributed by atoms with Crippen LogP contribution in [0.1, 0.15) is 65.2 Å².